The first-order valence-electron chi connectivity index (χ1n) is 9.70. The summed E-state index contributed by atoms with van der Waals surface area (Å²) in [5.74, 6) is 1.06. The molecule has 3 heterocycles. The van der Waals surface area contributed by atoms with Gasteiger partial charge in [-0.2, -0.15) is 0 Å². The molecule has 4 aliphatic rings. The Morgan fingerprint density at radius 3 is 2.64 bits per heavy atom. The van der Waals surface area contributed by atoms with Crippen LogP contribution in [0.25, 0.3) is 0 Å². The molecule has 1 aliphatic carbocycles. The van der Waals surface area contributed by atoms with Crippen molar-refractivity contribution in [2.45, 2.75) is 52.0 Å². The minimum atomic E-state index is -0.00658. The Morgan fingerprint density at radius 2 is 1.92 bits per heavy atom. The number of nitrogens with zero attached hydrogens (tertiary/aromatic N) is 2. The standard InChI is InChI=1S/C21H28N2O2/c1-14-6-7-15(2)19(10-14)21(25)22-12-17-8-9-18(13-22)23(20(17)24)11-16-4-3-5-16/h6-7,10,16-18H,3-5,8-9,11-13H2,1-2H3/t17-,18+/m0/s1. The van der Waals surface area contributed by atoms with Gasteiger partial charge in [0.2, 0.25) is 5.91 Å². The second-order valence-electron chi connectivity index (χ2n) is 8.24. The molecule has 2 atom stereocenters. The summed E-state index contributed by atoms with van der Waals surface area (Å²) in [6.07, 6.45) is 5.79. The van der Waals surface area contributed by atoms with E-state index >= 15 is 0 Å². The topological polar surface area (TPSA) is 40.6 Å². The van der Waals surface area contributed by atoms with Crippen molar-refractivity contribution in [1.29, 1.82) is 0 Å². The van der Waals surface area contributed by atoms with E-state index in [9.17, 15) is 9.59 Å². The van der Waals surface area contributed by atoms with Crippen molar-refractivity contribution in [3.8, 4) is 0 Å². The van der Waals surface area contributed by atoms with Crippen LogP contribution in [-0.4, -0.2) is 47.3 Å². The van der Waals surface area contributed by atoms with Gasteiger partial charge in [0, 0.05) is 31.2 Å². The van der Waals surface area contributed by atoms with Crippen LogP contribution in [-0.2, 0) is 4.79 Å². The maximum atomic E-state index is 13.1. The van der Waals surface area contributed by atoms with Crippen LogP contribution in [0.5, 0.6) is 0 Å². The lowest BCUT2D eigenvalue weighted by atomic mass is 9.83. The maximum Gasteiger partial charge on any atom is 0.254 e. The second kappa shape index (κ2) is 6.47. The number of hydrogen-bond donors (Lipinski definition) is 0. The van der Waals surface area contributed by atoms with Crippen LogP contribution in [0.15, 0.2) is 18.2 Å². The highest BCUT2D eigenvalue weighted by Crippen LogP contribution is 2.34. The summed E-state index contributed by atoms with van der Waals surface area (Å²) in [4.78, 5) is 30.1. The van der Waals surface area contributed by atoms with Crippen molar-refractivity contribution in [2.24, 2.45) is 11.8 Å². The Morgan fingerprint density at radius 1 is 1.12 bits per heavy atom. The number of aryl methyl sites for hydroxylation is 2. The predicted molar refractivity (Wildman–Crippen MR) is 97.4 cm³/mol. The summed E-state index contributed by atoms with van der Waals surface area (Å²) < 4.78 is 0. The van der Waals surface area contributed by atoms with Gasteiger partial charge in [0.05, 0.1) is 5.92 Å². The van der Waals surface area contributed by atoms with E-state index in [0.717, 1.165) is 36.1 Å². The van der Waals surface area contributed by atoms with Crippen LogP contribution >= 0.6 is 0 Å². The molecule has 2 bridgehead atoms. The molecule has 1 saturated carbocycles. The average molecular weight is 340 g/mol. The molecule has 25 heavy (non-hydrogen) atoms. The maximum absolute atomic E-state index is 13.1. The smallest absolute Gasteiger partial charge is 0.254 e. The fourth-order valence-corrected chi connectivity index (χ4v) is 4.54. The molecule has 4 fully saturated rings. The van der Waals surface area contributed by atoms with Gasteiger partial charge < -0.3 is 9.80 Å². The zero-order valence-corrected chi connectivity index (χ0v) is 15.3. The summed E-state index contributed by atoms with van der Waals surface area (Å²) in [5.41, 5.74) is 2.92. The highest BCUT2D eigenvalue weighted by atomic mass is 16.2. The lowest BCUT2D eigenvalue weighted by molar-refractivity contribution is -0.141. The second-order valence-corrected chi connectivity index (χ2v) is 8.24. The van der Waals surface area contributed by atoms with Gasteiger partial charge in [0.15, 0.2) is 0 Å². The van der Waals surface area contributed by atoms with Crippen molar-refractivity contribution in [3.05, 3.63) is 34.9 Å². The molecule has 0 N–H and O–H groups in total. The van der Waals surface area contributed by atoms with Gasteiger partial charge in [-0.15, -0.1) is 0 Å². The molecule has 3 aliphatic heterocycles. The number of carbonyl (C=O) groups is 2. The van der Waals surface area contributed by atoms with Crippen molar-refractivity contribution in [3.63, 3.8) is 0 Å². The Bertz CT molecular complexity index is 695. The molecule has 3 saturated heterocycles. The largest absolute Gasteiger partial charge is 0.337 e. The number of fused-ring (bicyclic) bond motifs is 4. The van der Waals surface area contributed by atoms with E-state index in [1.807, 2.05) is 36.9 Å². The van der Waals surface area contributed by atoms with Gasteiger partial charge in [0.1, 0.15) is 0 Å². The molecular formula is C21H28N2O2. The van der Waals surface area contributed by atoms with Gasteiger partial charge in [-0.3, -0.25) is 9.59 Å². The molecule has 2 amide bonds. The molecule has 0 spiro atoms. The van der Waals surface area contributed by atoms with E-state index in [0.29, 0.717) is 24.9 Å². The molecule has 134 valence electrons. The van der Waals surface area contributed by atoms with Crippen LogP contribution in [0.2, 0.25) is 0 Å². The van der Waals surface area contributed by atoms with Crippen molar-refractivity contribution < 1.29 is 9.59 Å². The minimum Gasteiger partial charge on any atom is -0.337 e. The van der Waals surface area contributed by atoms with Gasteiger partial charge >= 0.3 is 0 Å². The van der Waals surface area contributed by atoms with Crippen molar-refractivity contribution in [1.82, 2.24) is 9.80 Å². The molecule has 4 heteroatoms. The number of hydrogen-bond acceptors (Lipinski definition) is 2. The molecule has 1 aromatic carbocycles. The fourth-order valence-electron chi connectivity index (χ4n) is 4.54. The molecule has 0 unspecified atom stereocenters. The first-order chi connectivity index (χ1) is 12.0. The predicted octanol–water partition coefficient (Wildman–Crippen LogP) is 3.17. The fraction of sp³-hybridized carbons (Fsp3) is 0.619. The highest BCUT2D eigenvalue weighted by molar-refractivity contribution is 5.96. The van der Waals surface area contributed by atoms with Crippen LogP contribution in [0.3, 0.4) is 0 Å². The number of rotatable bonds is 3. The first-order valence-corrected chi connectivity index (χ1v) is 9.70. The Labute approximate surface area is 150 Å². The summed E-state index contributed by atoms with van der Waals surface area (Å²) >= 11 is 0. The Kier molecular flexibility index (Phi) is 4.30. The van der Waals surface area contributed by atoms with Gasteiger partial charge in [-0.1, -0.05) is 24.1 Å². The van der Waals surface area contributed by atoms with Crippen molar-refractivity contribution in [2.75, 3.05) is 19.6 Å². The van der Waals surface area contributed by atoms with Gasteiger partial charge in [-0.05, 0) is 57.1 Å². The van der Waals surface area contributed by atoms with Crippen molar-refractivity contribution >= 4 is 11.8 Å². The molecule has 5 rings (SSSR count). The number of carbonyl (C=O) groups excluding carboxylic acids is 2. The van der Waals surface area contributed by atoms with Crippen LogP contribution in [0.1, 0.15) is 53.6 Å². The number of amides is 2. The quantitative estimate of drug-likeness (QED) is 0.848. The molecule has 4 nitrogen and oxygen atoms in total. The van der Waals surface area contributed by atoms with Crippen LogP contribution in [0, 0.1) is 25.7 Å². The summed E-state index contributed by atoms with van der Waals surface area (Å²) in [7, 11) is 0. The molecule has 0 aromatic heterocycles. The monoisotopic (exact) mass is 340 g/mol. The zero-order chi connectivity index (χ0) is 17.6. The summed E-state index contributed by atoms with van der Waals surface area (Å²) in [5, 5.41) is 0. The van der Waals surface area contributed by atoms with E-state index in [2.05, 4.69) is 4.90 Å². The van der Waals surface area contributed by atoms with E-state index < -0.39 is 0 Å². The van der Waals surface area contributed by atoms with E-state index in [1.165, 1.54) is 19.3 Å². The third-order valence-electron chi connectivity index (χ3n) is 6.38. The molecular weight excluding hydrogens is 312 g/mol. The normalized spacial score (nSPS) is 26.6. The first kappa shape index (κ1) is 16.6. The van der Waals surface area contributed by atoms with Crippen LogP contribution < -0.4 is 0 Å². The van der Waals surface area contributed by atoms with Crippen LogP contribution in [0.4, 0.5) is 0 Å². The third kappa shape index (κ3) is 3.07. The summed E-state index contributed by atoms with van der Waals surface area (Å²) in [6.45, 7) is 6.20. The van der Waals surface area contributed by atoms with Gasteiger partial charge in [-0.25, -0.2) is 0 Å². The Hall–Kier alpha value is -1.84. The Balaban J connectivity index is 1.55. The average Bonchev–Trinajstić information content (AvgIpc) is 2.84. The highest BCUT2D eigenvalue weighted by Gasteiger charge is 2.43. The summed E-state index contributed by atoms with van der Waals surface area (Å²) in [6, 6.07) is 6.25. The molecule has 1 aromatic rings. The van der Waals surface area contributed by atoms with E-state index in [-0.39, 0.29) is 17.9 Å². The minimum absolute atomic E-state index is 0.00658. The van der Waals surface area contributed by atoms with E-state index in [1.54, 1.807) is 0 Å². The lowest BCUT2D eigenvalue weighted by Gasteiger charge is -2.40. The third-order valence-corrected chi connectivity index (χ3v) is 6.38. The molecule has 0 radical (unpaired) electrons. The number of piperidine rings is 1. The SMILES string of the molecule is Cc1ccc(C)c(C(=O)N2C[C@@H]3CC[C@H](C2)N(CC2CCC2)C3=O)c1. The van der Waals surface area contributed by atoms with E-state index in [4.69, 9.17) is 0 Å². The zero-order valence-electron chi connectivity index (χ0n) is 15.3. The number of benzene rings is 1. The lowest BCUT2D eigenvalue weighted by Crippen LogP contribution is -2.50. The van der Waals surface area contributed by atoms with Gasteiger partial charge in [0.25, 0.3) is 5.91 Å².